The molecule has 1 aliphatic rings. The molecular formula is C23H28N4O. The van der Waals surface area contributed by atoms with Gasteiger partial charge >= 0.3 is 0 Å². The molecule has 0 aliphatic carbocycles. The highest BCUT2D eigenvalue weighted by atomic mass is 16.2. The van der Waals surface area contributed by atoms with E-state index in [2.05, 4.69) is 38.9 Å². The third kappa shape index (κ3) is 3.30. The number of pyridine rings is 1. The quantitative estimate of drug-likeness (QED) is 0.671. The number of hydrogen-bond donors (Lipinski definition) is 0. The van der Waals surface area contributed by atoms with Crippen LogP contribution in [0.3, 0.4) is 0 Å². The molecule has 0 saturated carbocycles. The Kier molecular flexibility index (Phi) is 4.92. The minimum Gasteiger partial charge on any atom is -0.338 e. The van der Waals surface area contributed by atoms with Gasteiger partial charge in [0.1, 0.15) is 0 Å². The van der Waals surface area contributed by atoms with Gasteiger partial charge in [0, 0.05) is 36.8 Å². The van der Waals surface area contributed by atoms with Crippen LogP contribution in [0.15, 0.2) is 30.6 Å². The molecule has 5 nitrogen and oxygen atoms in total. The van der Waals surface area contributed by atoms with Gasteiger partial charge in [0.05, 0.1) is 23.0 Å². The Hall–Kier alpha value is -2.69. The van der Waals surface area contributed by atoms with Crippen molar-refractivity contribution < 1.29 is 4.79 Å². The van der Waals surface area contributed by atoms with Gasteiger partial charge < -0.3 is 4.90 Å². The van der Waals surface area contributed by atoms with E-state index in [1.54, 1.807) is 0 Å². The van der Waals surface area contributed by atoms with E-state index in [1.807, 2.05) is 34.1 Å². The Morgan fingerprint density at radius 3 is 2.82 bits per heavy atom. The molecule has 1 aliphatic heterocycles. The maximum atomic E-state index is 13.5. The lowest BCUT2D eigenvalue weighted by Crippen LogP contribution is -2.39. The van der Waals surface area contributed by atoms with Gasteiger partial charge in [-0.05, 0) is 56.7 Å². The minimum atomic E-state index is 0.117. The number of fused-ring (bicyclic) bond motifs is 1. The molecule has 4 rings (SSSR count). The summed E-state index contributed by atoms with van der Waals surface area (Å²) in [5.74, 6) is 0.670. The molecular weight excluding hydrogens is 348 g/mol. The van der Waals surface area contributed by atoms with E-state index in [0.29, 0.717) is 5.92 Å². The van der Waals surface area contributed by atoms with Gasteiger partial charge in [-0.3, -0.25) is 9.48 Å². The van der Waals surface area contributed by atoms with Crippen LogP contribution in [0.4, 0.5) is 0 Å². The average molecular weight is 377 g/mol. The molecule has 1 fully saturated rings. The number of benzene rings is 1. The molecule has 1 aromatic carbocycles. The Morgan fingerprint density at radius 2 is 2.11 bits per heavy atom. The summed E-state index contributed by atoms with van der Waals surface area (Å²) in [5.41, 5.74) is 5.74. The zero-order valence-corrected chi connectivity index (χ0v) is 17.2. The number of nitrogens with zero attached hydrogens (tertiary/aromatic N) is 4. The predicted octanol–water partition coefficient (Wildman–Crippen LogP) is 4.61. The third-order valence-corrected chi connectivity index (χ3v) is 5.93. The van der Waals surface area contributed by atoms with E-state index >= 15 is 0 Å². The molecule has 1 atom stereocenters. The van der Waals surface area contributed by atoms with Gasteiger partial charge in [0.25, 0.3) is 5.91 Å². The molecule has 0 N–H and O–H groups in total. The van der Waals surface area contributed by atoms with Crippen molar-refractivity contribution in [3.63, 3.8) is 0 Å². The fourth-order valence-electron chi connectivity index (χ4n) is 4.07. The van der Waals surface area contributed by atoms with Crippen molar-refractivity contribution in [1.29, 1.82) is 0 Å². The summed E-state index contributed by atoms with van der Waals surface area (Å²) in [7, 11) is 0. The second-order valence-electron chi connectivity index (χ2n) is 8.04. The van der Waals surface area contributed by atoms with Gasteiger partial charge in [-0.2, -0.15) is 5.10 Å². The highest BCUT2D eigenvalue weighted by molar-refractivity contribution is 6.08. The normalized spacial score (nSPS) is 17.3. The molecule has 1 saturated heterocycles. The Balaban J connectivity index is 1.88. The van der Waals surface area contributed by atoms with Crippen LogP contribution >= 0.6 is 0 Å². The van der Waals surface area contributed by atoms with Gasteiger partial charge in [0.2, 0.25) is 0 Å². The summed E-state index contributed by atoms with van der Waals surface area (Å²) in [6, 6.07) is 6.09. The zero-order chi connectivity index (χ0) is 19.8. The van der Waals surface area contributed by atoms with Crippen LogP contribution in [0.25, 0.3) is 22.2 Å². The Morgan fingerprint density at radius 1 is 1.29 bits per heavy atom. The lowest BCUT2D eigenvalue weighted by atomic mass is 9.96. The Bertz CT molecular complexity index is 1040. The first-order valence-corrected chi connectivity index (χ1v) is 10.2. The van der Waals surface area contributed by atoms with Crippen molar-refractivity contribution >= 4 is 16.8 Å². The first kappa shape index (κ1) is 18.7. The van der Waals surface area contributed by atoms with Gasteiger partial charge in [0.15, 0.2) is 0 Å². The molecule has 1 unspecified atom stereocenters. The summed E-state index contributed by atoms with van der Waals surface area (Å²) >= 11 is 0. The number of piperidine rings is 1. The molecule has 28 heavy (non-hydrogen) atoms. The molecule has 1 amide bonds. The SMILES string of the molecule is CCn1cc(-c2cc(C(=O)N3CCCC(C)C3)c3ccc(C)c(C)c3n2)cn1. The molecule has 2 aromatic heterocycles. The van der Waals surface area contributed by atoms with Crippen molar-refractivity contribution in [3.8, 4) is 11.3 Å². The molecule has 3 aromatic rings. The van der Waals surface area contributed by atoms with Crippen LogP contribution in [0.2, 0.25) is 0 Å². The van der Waals surface area contributed by atoms with Crippen LogP contribution in [0.5, 0.6) is 0 Å². The van der Waals surface area contributed by atoms with Crippen LogP contribution in [-0.2, 0) is 6.54 Å². The molecule has 0 bridgehead atoms. The second kappa shape index (κ2) is 7.38. The number of hydrogen-bond acceptors (Lipinski definition) is 3. The highest BCUT2D eigenvalue weighted by Crippen LogP contribution is 2.30. The summed E-state index contributed by atoms with van der Waals surface area (Å²) in [6.07, 6.45) is 6.10. The second-order valence-corrected chi connectivity index (χ2v) is 8.04. The van der Waals surface area contributed by atoms with E-state index in [9.17, 15) is 4.79 Å². The smallest absolute Gasteiger partial charge is 0.254 e. The summed E-state index contributed by atoms with van der Waals surface area (Å²) in [6.45, 7) is 10.9. The number of aromatic nitrogens is 3. The Labute approximate surface area is 166 Å². The predicted molar refractivity (Wildman–Crippen MR) is 112 cm³/mol. The summed E-state index contributed by atoms with van der Waals surface area (Å²) in [4.78, 5) is 20.4. The maximum absolute atomic E-state index is 13.5. The van der Waals surface area contributed by atoms with Gasteiger partial charge in [-0.15, -0.1) is 0 Å². The zero-order valence-electron chi connectivity index (χ0n) is 17.2. The van der Waals surface area contributed by atoms with Crippen molar-refractivity contribution in [1.82, 2.24) is 19.7 Å². The van der Waals surface area contributed by atoms with Crippen molar-refractivity contribution in [3.05, 3.63) is 47.3 Å². The highest BCUT2D eigenvalue weighted by Gasteiger charge is 2.25. The van der Waals surface area contributed by atoms with E-state index in [1.165, 1.54) is 12.0 Å². The van der Waals surface area contributed by atoms with Crippen molar-refractivity contribution in [2.24, 2.45) is 5.92 Å². The lowest BCUT2D eigenvalue weighted by molar-refractivity contribution is 0.0685. The molecule has 0 radical (unpaired) electrons. The fraction of sp³-hybridized carbons (Fsp3) is 0.435. The van der Waals surface area contributed by atoms with E-state index < -0.39 is 0 Å². The number of carbonyl (C=O) groups is 1. The number of likely N-dealkylation sites (tertiary alicyclic amines) is 1. The van der Waals surface area contributed by atoms with Crippen LogP contribution < -0.4 is 0 Å². The van der Waals surface area contributed by atoms with E-state index in [-0.39, 0.29) is 5.91 Å². The lowest BCUT2D eigenvalue weighted by Gasteiger charge is -2.31. The van der Waals surface area contributed by atoms with Crippen LogP contribution in [-0.4, -0.2) is 38.7 Å². The van der Waals surface area contributed by atoms with Crippen LogP contribution in [0, 0.1) is 19.8 Å². The third-order valence-electron chi connectivity index (χ3n) is 5.93. The number of amides is 1. The topological polar surface area (TPSA) is 51.0 Å². The minimum absolute atomic E-state index is 0.117. The first-order chi connectivity index (χ1) is 13.5. The standard InChI is InChI=1S/C23H28N4O/c1-5-27-14-18(12-24-27)21-11-20(23(28)26-10-6-7-15(2)13-26)19-9-8-16(3)17(4)22(19)25-21/h8-9,11-12,14-15H,5-7,10,13H2,1-4H3. The van der Waals surface area contributed by atoms with E-state index in [4.69, 9.17) is 4.98 Å². The molecule has 5 heteroatoms. The maximum Gasteiger partial charge on any atom is 0.254 e. The average Bonchev–Trinajstić information content (AvgIpc) is 3.19. The monoisotopic (exact) mass is 376 g/mol. The molecule has 146 valence electrons. The van der Waals surface area contributed by atoms with Crippen molar-refractivity contribution in [2.75, 3.05) is 13.1 Å². The summed E-state index contributed by atoms with van der Waals surface area (Å²) < 4.78 is 1.89. The number of carbonyl (C=O) groups excluding carboxylic acids is 1. The first-order valence-electron chi connectivity index (χ1n) is 10.2. The van der Waals surface area contributed by atoms with E-state index in [0.717, 1.165) is 59.3 Å². The molecule has 3 heterocycles. The molecule has 0 spiro atoms. The summed E-state index contributed by atoms with van der Waals surface area (Å²) in [5, 5.41) is 5.33. The fourth-order valence-corrected chi connectivity index (χ4v) is 4.07. The van der Waals surface area contributed by atoms with Gasteiger partial charge in [-0.25, -0.2) is 4.98 Å². The van der Waals surface area contributed by atoms with Crippen molar-refractivity contribution in [2.45, 2.75) is 47.1 Å². The largest absolute Gasteiger partial charge is 0.338 e. The van der Waals surface area contributed by atoms with Crippen LogP contribution in [0.1, 0.15) is 48.2 Å². The number of aryl methyl sites for hydroxylation is 3. The van der Waals surface area contributed by atoms with Gasteiger partial charge in [-0.1, -0.05) is 19.1 Å². The number of rotatable bonds is 3.